The number of hydrogen-bond acceptors (Lipinski definition) is 1. The third-order valence-electron chi connectivity index (χ3n) is 3.46. The third-order valence-corrected chi connectivity index (χ3v) is 3.86. The molecule has 0 saturated heterocycles. The van der Waals surface area contributed by atoms with Crippen LogP contribution < -0.4 is 5.32 Å². The summed E-state index contributed by atoms with van der Waals surface area (Å²) in [6.45, 7) is 0.526. The average Bonchev–Trinajstić information content (AvgIpc) is 2.77. The lowest BCUT2D eigenvalue weighted by Crippen LogP contribution is -2.30. The van der Waals surface area contributed by atoms with Crippen LogP contribution in [0.1, 0.15) is 24.8 Å². The van der Waals surface area contributed by atoms with E-state index in [4.69, 9.17) is 11.6 Å². The lowest BCUT2D eigenvalue weighted by Gasteiger charge is -2.11. The van der Waals surface area contributed by atoms with Gasteiger partial charge in [-0.25, -0.2) is 8.78 Å². The molecule has 0 aromatic heterocycles. The highest BCUT2D eigenvalue weighted by molar-refractivity contribution is 6.20. The van der Waals surface area contributed by atoms with E-state index in [9.17, 15) is 13.6 Å². The molecule has 1 fully saturated rings. The molecule has 2 unspecified atom stereocenters. The molecule has 0 bridgehead atoms. The molecule has 1 aliphatic rings. The molecule has 1 aromatic rings. The number of benzene rings is 1. The first-order valence-electron chi connectivity index (χ1n) is 6.40. The van der Waals surface area contributed by atoms with E-state index in [1.54, 1.807) is 0 Å². The lowest BCUT2D eigenvalue weighted by atomic mass is 10.1. The normalized spacial score (nSPS) is 22.5. The summed E-state index contributed by atoms with van der Waals surface area (Å²) in [5.74, 6) is -1.35. The maximum absolute atomic E-state index is 13.4. The van der Waals surface area contributed by atoms with Gasteiger partial charge in [0.1, 0.15) is 11.6 Å². The van der Waals surface area contributed by atoms with Gasteiger partial charge in [-0.2, -0.15) is 0 Å². The van der Waals surface area contributed by atoms with Gasteiger partial charge in [-0.1, -0.05) is 6.07 Å². The second kappa shape index (κ2) is 6.33. The fourth-order valence-corrected chi connectivity index (χ4v) is 2.76. The van der Waals surface area contributed by atoms with Gasteiger partial charge in [-0.3, -0.25) is 4.79 Å². The summed E-state index contributed by atoms with van der Waals surface area (Å²) < 4.78 is 26.7. The minimum absolute atomic E-state index is 0.179. The van der Waals surface area contributed by atoms with Crippen molar-refractivity contribution in [2.45, 2.75) is 31.1 Å². The van der Waals surface area contributed by atoms with Gasteiger partial charge in [0.2, 0.25) is 5.91 Å². The molecule has 19 heavy (non-hydrogen) atoms. The van der Waals surface area contributed by atoms with E-state index in [0.717, 1.165) is 31.4 Å². The Morgan fingerprint density at radius 3 is 2.58 bits per heavy atom. The molecular weight excluding hydrogens is 272 g/mol. The van der Waals surface area contributed by atoms with E-state index in [-0.39, 0.29) is 23.3 Å². The number of hydrogen-bond donors (Lipinski definition) is 1. The van der Waals surface area contributed by atoms with Crippen LogP contribution in [0.2, 0.25) is 0 Å². The van der Waals surface area contributed by atoms with Gasteiger partial charge in [0, 0.05) is 17.5 Å². The predicted molar refractivity (Wildman–Crippen MR) is 70.1 cm³/mol. The minimum atomic E-state index is -0.683. The molecule has 1 aromatic carbocycles. The van der Waals surface area contributed by atoms with Crippen LogP contribution in [0.5, 0.6) is 0 Å². The molecule has 1 amide bonds. The molecular formula is C14H16ClF2NO. The first kappa shape index (κ1) is 14.3. The topological polar surface area (TPSA) is 29.1 Å². The molecule has 1 aliphatic carbocycles. The van der Waals surface area contributed by atoms with Crippen LogP contribution in [0.3, 0.4) is 0 Å². The molecule has 2 atom stereocenters. The fourth-order valence-electron chi connectivity index (χ4n) is 2.38. The molecule has 1 saturated carbocycles. The molecule has 104 valence electrons. The summed E-state index contributed by atoms with van der Waals surface area (Å²) in [5.41, 5.74) is -0.179. The zero-order valence-electron chi connectivity index (χ0n) is 10.5. The van der Waals surface area contributed by atoms with E-state index < -0.39 is 11.6 Å². The molecule has 2 rings (SSSR count). The average molecular weight is 288 g/mol. The molecule has 0 radical (unpaired) electrons. The third kappa shape index (κ3) is 3.90. The summed E-state index contributed by atoms with van der Waals surface area (Å²) in [6.07, 6.45) is 2.57. The maximum Gasteiger partial charge on any atom is 0.224 e. The van der Waals surface area contributed by atoms with Crippen molar-refractivity contribution >= 4 is 17.5 Å². The van der Waals surface area contributed by atoms with Gasteiger partial charge in [0.05, 0.1) is 6.42 Å². The number of amides is 1. The standard InChI is InChI=1S/C14H16ClF2NO/c15-10-5-4-9(6-10)8-18-14(19)7-11-12(16)2-1-3-13(11)17/h1-3,9-10H,4-8H2,(H,18,19). The first-order valence-corrected chi connectivity index (χ1v) is 6.83. The van der Waals surface area contributed by atoms with E-state index in [1.807, 2.05) is 0 Å². The van der Waals surface area contributed by atoms with E-state index in [0.29, 0.717) is 12.5 Å². The summed E-state index contributed by atoms with van der Waals surface area (Å²) in [6, 6.07) is 3.59. The zero-order valence-corrected chi connectivity index (χ0v) is 11.2. The largest absolute Gasteiger partial charge is 0.356 e. The number of carbonyl (C=O) groups is 1. The van der Waals surface area contributed by atoms with Crippen LogP contribution >= 0.6 is 11.6 Å². The summed E-state index contributed by atoms with van der Waals surface area (Å²) in [4.78, 5) is 11.7. The minimum Gasteiger partial charge on any atom is -0.356 e. The smallest absolute Gasteiger partial charge is 0.224 e. The van der Waals surface area contributed by atoms with Crippen LogP contribution in [-0.4, -0.2) is 17.8 Å². The number of nitrogens with one attached hydrogen (secondary N) is 1. The molecule has 1 N–H and O–H groups in total. The van der Waals surface area contributed by atoms with Crippen molar-refractivity contribution in [3.05, 3.63) is 35.4 Å². The summed E-state index contributed by atoms with van der Waals surface area (Å²) >= 11 is 5.98. The van der Waals surface area contributed by atoms with Crippen molar-refractivity contribution in [2.75, 3.05) is 6.54 Å². The quantitative estimate of drug-likeness (QED) is 0.848. The Bertz CT molecular complexity index is 447. The molecule has 0 spiro atoms. The Morgan fingerprint density at radius 2 is 2.00 bits per heavy atom. The number of rotatable bonds is 4. The van der Waals surface area contributed by atoms with E-state index >= 15 is 0 Å². The maximum atomic E-state index is 13.4. The molecule has 5 heteroatoms. The van der Waals surface area contributed by atoms with E-state index in [1.165, 1.54) is 6.07 Å². The number of carbonyl (C=O) groups excluding carboxylic acids is 1. The van der Waals surface area contributed by atoms with Gasteiger partial charge in [0.15, 0.2) is 0 Å². The zero-order chi connectivity index (χ0) is 13.8. The Balaban J connectivity index is 1.84. The van der Waals surface area contributed by atoms with Crippen LogP contribution in [-0.2, 0) is 11.2 Å². The van der Waals surface area contributed by atoms with Crippen molar-refractivity contribution in [3.8, 4) is 0 Å². The van der Waals surface area contributed by atoms with Crippen LogP contribution in [0.25, 0.3) is 0 Å². The van der Waals surface area contributed by atoms with Gasteiger partial charge in [-0.15, -0.1) is 11.6 Å². The highest BCUT2D eigenvalue weighted by Crippen LogP contribution is 2.28. The Morgan fingerprint density at radius 1 is 1.32 bits per heavy atom. The number of alkyl halides is 1. The second-order valence-corrected chi connectivity index (χ2v) is 5.57. The highest BCUT2D eigenvalue weighted by Gasteiger charge is 2.23. The lowest BCUT2D eigenvalue weighted by molar-refractivity contribution is -0.120. The van der Waals surface area contributed by atoms with Gasteiger partial charge < -0.3 is 5.32 Å². The molecule has 2 nitrogen and oxygen atoms in total. The van der Waals surface area contributed by atoms with Crippen molar-refractivity contribution in [2.24, 2.45) is 5.92 Å². The van der Waals surface area contributed by atoms with E-state index in [2.05, 4.69) is 5.32 Å². The van der Waals surface area contributed by atoms with Crippen molar-refractivity contribution in [1.29, 1.82) is 0 Å². The highest BCUT2D eigenvalue weighted by atomic mass is 35.5. The summed E-state index contributed by atoms with van der Waals surface area (Å²) in [7, 11) is 0. The Hall–Kier alpha value is -1.16. The SMILES string of the molecule is O=C(Cc1c(F)cccc1F)NCC1CCC(Cl)C1. The second-order valence-electron chi connectivity index (χ2n) is 4.96. The number of halogens is 3. The molecule has 0 heterocycles. The van der Waals surface area contributed by atoms with Gasteiger partial charge in [0.25, 0.3) is 0 Å². The van der Waals surface area contributed by atoms with Crippen LogP contribution in [0.4, 0.5) is 8.78 Å². The summed E-state index contributed by atoms with van der Waals surface area (Å²) in [5, 5.41) is 2.90. The Kier molecular flexibility index (Phi) is 4.75. The monoisotopic (exact) mass is 287 g/mol. The van der Waals surface area contributed by atoms with Crippen LogP contribution in [0.15, 0.2) is 18.2 Å². The van der Waals surface area contributed by atoms with Crippen LogP contribution in [0, 0.1) is 17.6 Å². The van der Waals surface area contributed by atoms with Crippen molar-refractivity contribution in [3.63, 3.8) is 0 Å². The van der Waals surface area contributed by atoms with Gasteiger partial charge in [-0.05, 0) is 37.3 Å². The van der Waals surface area contributed by atoms with Gasteiger partial charge >= 0.3 is 0 Å². The van der Waals surface area contributed by atoms with Crippen molar-refractivity contribution in [1.82, 2.24) is 5.32 Å². The Labute approximate surface area is 116 Å². The molecule has 0 aliphatic heterocycles. The first-order chi connectivity index (χ1) is 9.06. The predicted octanol–water partition coefficient (Wildman–Crippen LogP) is 3.03. The van der Waals surface area contributed by atoms with Crippen molar-refractivity contribution < 1.29 is 13.6 Å². The fraction of sp³-hybridized carbons (Fsp3) is 0.500.